The van der Waals surface area contributed by atoms with Crippen molar-refractivity contribution in [3.8, 4) is 22.8 Å². The van der Waals surface area contributed by atoms with Gasteiger partial charge in [-0.2, -0.15) is 0 Å². The van der Waals surface area contributed by atoms with E-state index in [4.69, 9.17) is 15.2 Å². The fraction of sp³-hybridized carbons (Fsp3) is 0.160. The number of anilines is 2. The Balaban J connectivity index is 1.54. The third-order valence-corrected chi connectivity index (χ3v) is 5.78. The Morgan fingerprint density at radius 1 is 1.22 bits per heavy atom. The highest BCUT2D eigenvalue weighted by Gasteiger charge is 2.29. The van der Waals surface area contributed by atoms with Gasteiger partial charge in [0.05, 0.1) is 54.0 Å². The molecule has 0 saturated carbocycles. The number of hydrogen-bond acceptors (Lipinski definition) is 8. The van der Waals surface area contributed by atoms with Gasteiger partial charge in [0.2, 0.25) is 0 Å². The van der Waals surface area contributed by atoms with Crippen molar-refractivity contribution in [1.82, 2.24) is 25.3 Å². The molecule has 0 fully saturated rings. The fourth-order valence-electron chi connectivity index (χ4n) is 4.07. The van der Waals surface area contributed by atoms with Crippen LogP contribution in [0.2, 0.25) is 0 Å². The van der Waals surface area contributed by atoms with Crippen molar-refractivity contribution in [1.29, 1.82) is 0 Å². The van der Waals surface area contributed by atoms with E-state index in [9.17, 15) is 14.0 Å². The molecule has 2 amide bonds. The molecule has 0 atom stereocenters. The lowest BCUT2D eigenvalue weighted by Gasteiger charge is -2.17. The predicted octanol–water partition coefficient (Wildman–Crippen LogP) is 2.72. The van der Waals surface area contributed by atoms with Crippen LogP contribution in [0.25, 0.3) is 11.3 Å². The summed E-state index contributed by atoms with van der Waals surface area (Å²) < 4.78 is 25.6. The van der Waals surface area contributed by atoms with Crippen LogP contribution in [0.5, 0.6) is 11.5 Å². The van der Waals surface area contributed by atoms with Crippen LogP contribution < -0.4 is 25.8 Å². The number of ether oxygens (including phenoxy) is 2. The first-order valence-electron chi connectivity index (χ1n) is 11.3. The lowest BCUT2D eigenvalue weighted by Crippen LogP contribution is -2.31. The quantitative estimate of drug-likeness (QED) is 0.286. The minimum atomic E-state index is -0.677. The Labute approximate surface area is 210 Å². The average Bonchev–Trinajstić information content (AvgIpc) is 3.27. The number of nitrogens with zero attached hydrogens (tertiary/aromatic N) is 3. The number of carbonyl (C=O) groups is 2. The molecule has 1 aliphatic rings. The number of para-hydroxylation sites is 1. The van der Waals surface area contributed by atoms with Crippen molar-refractivity contribution in [3.05, 3.63) is 77.5 Å². The highest BCUT2D eigenvalue weighted by Crippen LogP contribution is 2.42. The average molecular weight is 503 g/mol. The Kier molecular flexibility index (Phi) is 6.37. The van der Waals surface area contributed by atoms with Gasteiger partial charge in [-0.25, -0.2) is 9.37 Å². The van der Waals surface area contributed by atoms with Crippen molar-refractivity contribution in [2.24, 2.45) is 5.73 Å². The number of benzene rings is 1. The minimum Gasteiger partial charge on any atom is -0.492 e. The lowest BCUT2D eigenvalue weighted by atomic mass is 10.0. The van der Waals surface area contributed by atoms with Gasteiger partial charge in [-0.3, -0.25) is 19.6 Å². The van der Waals surface area contributed by atoms with Crippen molar-refractivity contribution in [2.45, 2.75) is 13.0 Å². The van der Waals surface area contributed by atoms with E-state index in [-0.39, 0.29) is 24.0 Å². The Bertz CT molecular complexity index is 1490. The maximum Gasteiger partial charge on any atom is 0.268 e. The highest BCUT2D eigenvalue weighted by atomic mass is 19.1. The first-order chi connectivity index (χ1) is 18.0. The van der Waals surface area contributed by atoms with Gasteiger partial charge >= 0.3 is 0 Å². The number of pyridine rings is 1. The summed E-state index contributed by atoms with van der Waals surface area (Å²) in [6.07, 6.45) is 6.39. The van der Waals surface area contributed by atoms with Crippen molar-refractivity contribution in [2.75, 3.05) is 19.0 Å². The fourth-order valence-corrected chi connectivity index (χ4v) is 4.07. The second-order valence-corrected chi connectivity index (χ2v) is 8.10. The maximum absolute atomic E-state index is 14.4. The first-order valence-corrected chi connectivity index (χ1v) is 11.3. The molecule has 1 aliphatic heterocycles. The van der Waals surface area contributed by atoms with E-state index in [1.807, 2.05) is 0 Å². The zero-order chi connectivity index (χ0) is 25.9. The zero-order valence-electron chi connectivity index (χ0n) is 19.7. The van der Waals surface area contributed by atoms with Crippen LogP contribution >= 0.6 is 0 Å². The van der Waals surface area contributed by atoms with Crippen molar-refractivity contribution >= 4 is 23.2 Å². The number of H-pyrrole nitrogens is 1. The number of aromatic nitrogens is 4. The van der Waals surface area contributed by atoms with Crippen LogP contribution in [0.4, 0.5) is 15.8 Å². The third kappa shape index (κ3) is 4.63. The summed E-state index contributed by atoms with van der Waals surface area (Å²) in [6.45, 7) is 0.514. The summed E-state index contributed by atoms with van der Waals surface area (Å²) in [6, 6.07) is 6.23. The van der Waals surface area contributed by atoms with Gasteiger partial charge in [-0.05, 0) is 18.2 Å². The van der Waals surface area contributed by atoms with E-state index < -0.39 is 11.7 Å². The molecule has 11 nitrogen and oxygen atoms in total. The molecule has 0 spiro atoms. The lowest BCUT2D eigenvalue weighted by molar-refractivity contribution is 0.0945. The molecule has 3 aromatic heterocycles. The molecule has 37 heavy (non-hydrogen) atoms. The molecule has 0 aliphatic carbocycles. The van der Waals surface area contributed by atoms with Crippen LogP contribution in [0.3, 0.4) is 0 Å². The molecule has 188 valence electrons. The number of carbonyl (C=O) groups excluding carboxylic acids is 2. The molecule has 0 radical (unpaired) electrons. The van der Waals surface area contributed by atoms with E-state index in [0.717, 1.165) is 5.69 Å². The van der Waals surface area contributed by atoms with Crippen LogP contribution in [0.1, 0.15) is 32.2 Å². The summed E-state index contributed by atoms with van der Waals surface area (Å²) in [4.78, 5) is 39.7. The van der Waals surface area contributed by atoms with Gasteiger partial charge in [0.1, 0.15) is 18.1 Å². The normalized spacial score (nSPS) is 12.4. The third-order valence-electron chi connectivity index (χ3n) is 5.78. The molecule has 5 rings (SSSR count). The smallest absolute Gasteiger partial charge is 0.268 e. The summed E-state index contributed by atoms with van der Waals surface area (Å²) >= 11 is 0. The van der Waals surface area contributed by atoms with E-state index in [1.165, 1.54) is 31.8 Å². The number of nitrogens with two attached hydrogens (primary N) is 1. The van der Waals surface area contributed by atoms with Gasteiger partial charge in [0.25, 0.3) is 11.8 Å². The largest absolute Gasteiger partial charge is 0.492 e. The second kappa shape index (κ2) is 9.93. The molecule has 1 aromatic carbocycles. The molecular weight excluding hydrogens is 481 g/mol. The Morgan fingerprint density at radius 2 is 2.08 bits per heavy atom. The van der Waals surface area contributed by atoms with Crippen LogP contribution in [0.15, 0.2) is 49.1 Å². The van der Waals surface area contributed by atoms with Gasteiger partial charge in [-0.15, -0.1) is 0 Å². The van der Waals surface area contributed by atoms with E-state index in [0.29, 0.717) is 52.6 Å². The zero-order valence-corrected chi connectivity index (χ0v) is 19.7. The second-order valence-electron chi connectivity index (χ2n) is 8.10. The number of aromatic amines is 1. The predicted molar refractivity (Wildman–Crippen MR) is 131 cm³/mol. The Morgan fingerprint density at radius 3 is 2.84 bits per heavy atom. The maximum atomic E-state index is 14.4. The van der Waals surface area contributed by atoms with Crippen molar-refractivity contribution < 1.29 is 23.5 Å². The summed E-state index contributed by atoms with van der Waals surface area (Å²) in [5.41, 5.74) is 8.83. The van der Waals surface area contributed by atoms with E-state index >= 15 is 0 Å². The van der Waals surface area contributed by atoms with Crippen LogP contribution in [-0.4, -0.2) is 45.4 Å². The number of halogens is 1. The minimum absolute atomic E-state index is 0.0174. The molecular formula is C25H22FN7O4. The van der Waals surface area contributed by atoms with E-state index in [2.05, 4.69) is 30.6 Å². The summed E-state index contributed by atoms with van der Waals surface area (Å²) in [5.74, 6) is -1.06. The Hall–Kier alpha value is -5.00. The standard InChI is InChI=1S/C25H22FN7O4/c1-36-23-15(26)3-2-4-17(23)33-22-20-16(6-8-29-25(20)35)32-21(22)14-5-7-28-11-19(14)37-12-13-9-31-18(10-30-13)24(27)34/h2-5,7,9-11,32-33H,6,8,12H2,1H3,(H2,27,34)(H,29,35). The van der Waals surface area contributed by atoms with Crippen molar-refractivity contribution in [3.63, 3.8) is 0 Å². The monoisotopic (exact) mass is 503 g/mol. The molecule has 4 aromatic rings. The topological polar surface area (TPSA) is 157 Å². The molecule has 0 bridgehead atoms. The number of primary amides is 1. The number of rotatable bonds is 8. The van der Waals surface area contributed by atoms with Crippen LogP contribution in [0, 0.1) is 5.82 Å². The first kappa shape index (κ1) is 23.7. The van der Waals surface area contributed by atoms with Gasteiger partial charge in [-0.1, -0.05) is 6.07 Å². The molecule has 5 N–H and O–H groups in total. The number of hydrogen-bond donors (Lipinski definition) is 4. The molecule has 0 saturated heterocycles. The number of amides is 2. The SMILES string of the molecule is COc1c(F)cccc1Nc1c(-c2ccncc2OCc2cnc(C(N)=O)cn2)[nH]c2c1C(=O)NCC2. The number of fused-ring (bicyclic) bond motifs is 1. The summed E-state index contributed by atoms with van der Waals surface area (Å²) in [7, 11) is 1.37. The number of nitrogens with one attached hydrogen (secondary N) is 3. The molecule has 12 heteroatoms. The summed E-state index contributed by atoms with van der Waals surface area (Å²) in [5, 5.41) is 6.04. The highest BCUT2D eigenvalue weighted by molar-refractivity contribution is 6.06. The van der Waals surface area contributed by atoms with Crippen LogP contribution in [-0.2, 0) is 13.0 Å². The molecule has 4 heterocycles. The van der Waals surface area contributed by atoms with Gasteiger partial charge in [0, 0.05) is 30.4 Å². The number of methoxy groups -OCH3 is 1. The van der Waals surface area contributed by atoms with E-state index in [1.54, 1.807) is 24.4 Å². The van der Waals surface area contributed by atoms with Gasteiger partial charge < -0.3 is 30.8 Å². The molecule has 0 unspecified atom stereocenters. The van der Waals surface area contributed by atoms with Gasteiger partial charge in [0.15, 0.2) is 11.6 Å².